The minimum atomic E-state index is -0.389. The van der Waals surface area contributed by atoms with Crippen LogP contribution in [0, 0.1) is 12.8 Å². The van der Waals surface area contributed by atoms with Gasteiger partial charge in [-0.2, -0.15) is 0 Å². The number of ether oxygens (including phenoxy) is 1. The van der Waals surface area contributed by atoms with Crippen LogP contribution in [0.15, 0.2) is 18.7 Å². The Morgan fingerprint density at radius 2 is 2.00 bits per heavy atom. The largest absolute Gasteiger partial charge is 0.377 e. The van der Waals surface area contributed by atoms with Crippen LogP contribution in [0.1, 0.15) is 38.9 Å². The van der Waals surface area contributed by atoms with Crippen molar-refractivity contribution in [2.45, 2.75) is 58.7 Å². The normalized spacial score (nSPS) is 19.6. The van der Waals surface area contributed by atoms with E-state index in [1.165, 1.54) is 19.2 Å². The first-order valence-corrected chi connectivity index (χ1v) is 11.8. The molecule has 1 aliphatic heterocycles. The molecular formula is C23H30N8O2. The maximum atomic E-state index is 13.5. The Balaban J connectivity index is 1.46. The lowest BCUT2D eigenvalue weighted by atomic mass is 10.1. The summed E-state index contributed by atoms with van der Waals surface area (Å²) in [5.41, 5.74) is 2.17. The SMILES string of the molecule is CC[C@@H](Nc1ncnc2c1nc(-c1cnc(C)nc1)n2CC)C(=O)N1CCOCC1C1CC1. The molecule has 0 spiro atoms. The number of morpholine rings is 1. The van der Waals surface area contributed by atoms with Gasteiger partial charge in [-0.25, -0.2) is 24.9 Å². The number of nitrogens with one attached hydrogen (secondary N) is 1. The first kappa shape index (κ1) is 21.7. The van der Waals surface area contributed by atoms with Gasteiger partial charge in [0.1, 0.15) is 24.0 Å². The highest BCUT2D eigenvalue weighted by Gasteiger charge is 2.40. The number of rotatable bonds is 7. The van der Waals surface area contributed by atoms with Crippen molar-refractivity contribution in [3.63, 3.8) is 0 Å². The molecule has 10 heteroatoms. The lowest BCUT2D eigenvalue weighted by Crippen LogP contribution is -2.54. The van der Waals surface area contributed by atoms with Crippen molar-refractivity contribution in [1.29, 1.82) is 0 Å². The molecule has 1 unspecified atom stereocenters. The second-order valence-electron chi connectivity index (χ2n) is 8.71. The summed E-state index contributed by atoms with van der Waals surface area (Å²) < 4.78 is 7.69. The highest BCUT2D eigenvalue weighted by atomic mass is 16.5. The van der Waals surface area contributed by atoms with Crippen LogP contribution in [0.5, 0.6) is 0 Å². The van der Waals surface area contributed by atoms with Crippen LogP contribution in [0.2, 0.25) is 0 Å². The highest BCUT2D eigenvalue weighted by molar-refractivity contribution is 5.90. The van der Waals surface area contributed by atoms with Crippen molar-refractivity contribution in [2.75, 3.05) is 25.1 Å². The topological polar surface area (TPSA) is 111 Å². The van der Waals surface area contributed by atoms with E-state index in [9.17, 15) is 4.79 Å². The monoisotopic (exact) mass is 450 g/mol. The summed E-state index contributed by atoms with van der Waals surface area (Å²) in [7, 11) is 0. The van der Waals surface area contributed by atoms with Crippen LogP contribution < -0.4 is 5.32 Å². The molecule has 1 saturated carbocycles. The quantitative estimate of drug-likeness (QED) is 0.584. The van der Waals surface area contributed by atoms with E-state index >= 15 is 0 Å². The standard InChI is InChI=1S/C23H30N8O2/c1-4-17(23(32)31-8-9-33-12-18(31)15-6-7-15)28-20-19-22(27-13-26-20)30(5-2)21(29-19)16-10-24-14(3)25-11-16/h10-11,13,15,17-18H,4-9,12H2,1-3H3,(H,26,27,28)/t17-,18?/m1/s1. The molecule has 4 heterocycles. The minimum absolute atomic E-state index is 0.103. The van der Waals surface area contributed by atoms with E-state index in [0.29, 0.717) is 55.8 Å². The molecule has 1 aliphatic carbocycles. The fourth-order valence-electron chi connectivity index (χ4n) is 4.54. The van der Waals surface area contributed by atoms with Gasteiger partial charge in [-0.05, 0) is 39.0 Å². The Kier molecular flexibility index (Phi) is 5.92. The molecule has 174 valence electrons. The fourth-order valence-corrected chi connectivity index (χ4v) is 4.54. The van der Waals surface area contributed by atoms with Crippen LogP contribution in [0.3, 0.4) is 0 Å². The van der Waals surface area contributed by atoms with Gasteiger partial charge in [0.05, 0.1) is 24.8 Å². The number of hydrogen-bond acceptors (Lipinski definition) is 8. The van der Waals surface area contributed by atoms with Gasteiger partial charge in [0.25, 0.3) is 0 Å². The molecule has 1 saturated heterocycles. The molecule has 2 fully saturated rings. The first-order chi connectivity index (χ1) is 16.1. The Bertz CT molecular complexity index is 1140. The van der Waals surface area contributed by atoms with Gasteiger partial charge >= 0.3 is 0 Å². The molecule has 3 aromatic rings. The van der Waals surface area contributed by atoms with Crippen LogP contribution in [-0.2, 0) is 16.1 Å². The second kappa shape index (κ2) is 9.01. The lowest BCUT2D eigenvalue weighted by Gasteiger charge is -2.38. The van der Waals surface area contributed by atoms with Crippen LogP contribution in [-0.4, -0.2) is 72.1 Å². The summed E-state index contributed by atoms with van der Waals surface area (Å²) in [4.78, 5) is 37.9. The van der Waals surface area contributed by atoms with E-state index in [-0.39, 0.29) is 18.0 Å². The zero-order valence-electron chi connectivity index (χ0n) is 19.4. The van der Waals surface area contributed by atoms with Crippen molar-refractivity contribution in [2.24, 2.45) is 5.92 Å². The molecule has 2 aliphatic rings. The van der Waals surface area contributed by atoms with Crippen molar-refractivity contribution < 1.29 is 9.53 Å². The number of carbonyl (C=O) groups excluding carboxylic acids is 1. The average molecular weight is 451 g/mol. The highest BCUT2D eigenvalue weighted by Crippen LogP contribution is 2.37. The Morgan fingerprint density at radius 3 is 2.70 bits per heavy atom. The Morgan fingerprint density at radius 1 is 1.21 bits per heavy atom. The molecule has 2 atom stereocenters. The summed E-state index contributed by atoms with van der Waals surface area (Å²) in [5.74, 6) is 2.68. The van der Waals surface area contributed by atoms with E-state index in [0.717, 1.165) is 17.0 Å². The van der Waals surface area contributed by atoms with Crippen molar-refractivity contribution >= 4 is 22.9 Å². The van der Waals surface area contributed by atoms with Crippen molar-refractivity contribution in [1.82, 2.24) is 34.4 Å². The third kappa shape index (κ3) is 4.15. The van der Waals surface area contributed by atoms with Gasteiger partial charge in [0.2, 0.25) is 5.91 Å². The van der Waals surface area contributed by atoms with Crippen molar-refractivity contribution in [3.05, 3.63) is 24.5 Å². The predicted molar refractivity (Wildman–Crippen MR) is 124 cm³/mol. The van der Waals surface area contributed by atoms with E-state index in [4.69, 9.17) is 9.72 Å². The number of aryl methyl sites for hydroxylation is 2. The number of nitrogens with zero attached hydrogens (tertiary/aromatic N) is 7. The summed E-state index contributed by atoms with van der Waals surface area (Å²) in [6, 6.07) is -0.208. The maximum absolute atomic E-state index is 13.5. The van der Waals surface area contributed by atoms with E-state index < -0.39 is 0 Å². The Labute approximate surface area is 192 Å². The summed E-state index contributed by atoms with van der Waals surface area (Å²) in [5, 5.41) is 3.38. The fraction of sp³-hybridized carbons (Fsp3) is 0.565. The van der Waals surface area contributed by atoms with E-state index in [1.807, 2.05) is 30.2 Å². The first-order valence-electron chi connectivity index (χ1n) is 11.8. The summed E-state index contributed by atoms with van der Waals surface area (Å²) in [6.45, 7) is 8.45. The summed E-state index contributed by atoms with van der Waals surface area (Å²) in [6.07, 6.45) is 8.05. The average Bonchev–Trinajstić information content (AvgIpc) is 3.62. The molecule has 10 nitrogen and oxygen atoms in total. The molecule has 33 heavy (non-hydrogen) atoms. The molecule has 5 rings (SSSR count). The molecule has 0 bridgehead atoms. The molecule has 0 aromatic carbocycles. The van der Waals surface area contributed by atoms with Crippen LogP contribution in [0.25, 0.3) is 22.6 Å². The number of imidazole rings is 1. The van der Waals surface area contributed by atoms with Crippen LogP contribution >= 0.6 is 0 Å². The van der Waals surface area contributed by atoms with Crippen LogP contribution in [0.4, 0.5) is 5.82 Å². The number of fused-ring (bicyclic) bond motifs is 1. The number of anilines is 1. The zero-order valence-corrected chi connectivity index (χ0v) is 19.4. The minimum Gasteiger partial charge on any atom is -0.377 e. The molecular weight excluding hydrogens is 420 g/mol. The van der Waals surface area contributed by atoms with Gasteiger partial charge in [-0.1, -0.05) is 6.92 Å². The number of aromatic nitrogens is 6. The Hall–Kier alpha value is -3.14. The maximum Gasteiger partial charge on any atom is 0.245 e. The zero-order chi connectivity index (χ0) is 22.9. The number of amides is 1. The van der Waals surface area contributed by atoms with E-state index in [1.54, 1.807) is 12.4 Å². The lowest BCUT2D eigenvalue weighted by molar-refractivity contribution is -0.141. The molecule has 1 amide bonds. The van der Waals surface area contributed by atoms with Gasteiger partial charge < -0.3 is 19.5 Å². The number of hydrogen-bond donors (Lipinski definition) is 1. The number of carbonyl (C=O) groups is 1. The van der Waals surface area contributed by atoms with E-state index in [2.05, 4.69) is 25.3 Å². The van der Waals surface area contributed by atoms with Crippen molar-refractivity contribution in [3.8, 4) is 11.4 Å². The molecule has 0 radical (unpaired) electrons. The van der Waals surface area contributed by atoms with Gasteiger partial charge in [-0.3, -0.25) is 4.79 Å². The second-order valence-corrected chi connectivity index (χ2v) is 8.71. The van der Waals surface area contributed by atoms with Gasteiger partial charge in [0.15, 0.2) is 17.0 Å². The molecule has 1 N–H and O–H groups in total. The summed E-state index contributed by atoms with van der Waals surface area (Å²) >= 11 is 0. The third-order valence-corrected chi connectivity index (χ3v) is 6.52. The third-order valence-electron chi connectivity index (χ3n) is 6.52. The van der Waals surface area contributed by atoms with Gasteiger partial charge in [0, 0.05) is 25.5 Å². The van der Waals surface area contributed by atoms with Gasteiger partial charge in [-0.15, -0.1) is 0 Å². The smallest absolute Gasteiger partial charge is 0.245 e. The predicted octanol–water partition coefficient (Wildman–Crippen LogP) is 2.44. The molecule has 3 aromatic heterocycles.